The van der Waals surface area contributed by atoms with E-state index in [-0.39, 0.29) is 30.3 Å². The Kier molecular flexibility index (Phi) is 3.43. The molecule has 0 radical (unpaired) electrons. The molecule has 0 aliphatic carbocycles. The van der Waals surface area contributed by atoms with Crippen molar-refractivity contribution in [3.8, 4) is 5.75 Å². The van der Waals surface area contributed by atoms with Gasteiger partial charge >= 0.3 is 0 Å². The molecule has 1 fully saturated rings. The topological polar surface area (TPSA) is 121 Å². The number of amidine groups is 1. The van der Waals surface area contributed by atoms with E-state index in [4.69, 9.17) is 15.2 Å². The lowest BCUT2D eigenvalue weighted by Crippen LogP contribution is -2.48. The highest BCUT2D eigenvalue weighted by atomic mass is 16.8. The Morgan fingerprint density at radius 3 is 2.80 bits per heavy atom. The summed E-state index contributed by atoms with van der Waals surface area (Å²) >= 11 is 0. The number of carbonyl (C=O) groups is 1. The molecule has 3 aliphatic rings. The van der Waals surface area contributed by atoms with E-state index in [9.17, 15) is 15.1 Å². The van der Waals surface area contributed by atoms with Crippen LogP contribution in [0.5, 0.6) is 5.75 Å². The minimum Gasteiger partial charge on any atom is -0.508 e. The molecular formula is C16H20N4O5. The van der Waals surface area contributed by atoms with Crippen molar-refractivity contribution < 1.29 is 24.6 Å². The first kappa shape index (κ1) is 16.1. The fourth-order valence-electron chi connectivity index (χ4n) is 3.82. The number of phenolic OH excluding ortho intramolecular Hbond substituents is 1. The van der Waals surface area contributed by atoms with Gasteiger partial charge in [-0.15, -0.1) is 10.3 Å². The Morgan fingerprint density at radius 1 is 1.36 bits per heavy atom. The summed E-state index contributed by atoms with van der Waals surface area (Å²) in [6.07, 6.45) is -0.962. The lowest BCUT2D eigenvalue weighted by atomic mass is 9.93. The van der Waals surface area contributed by atoms with Crippen LogP contribution < -0.4 is 5.73 Å². The Morgan fingerprint density at radius 2 is 2.08 bits per heavy atom. The van der Waals surface area contributed by atoms with Gasteiger partial charge in [0.1, 0.15) is 11.9 Å². The summed E-state index contributed by atoms with van der Waals surface area (Å²) in [5.74, 6) is -1.62. The molecule has 1 saturated heterocycles. The third-order valence-corrected chi connectivity index (χ3v) is 4.72. The van der Waals surface area contributed by atoms with Crippen LogP contribution in [0.15, 0.2) is 23.3 Å². The van der Waals surface area contributed by atoms with Gasteiger partial charge in [0, 0.05) is 12.0 Å². The lowest BCUT2D eigenvalue weighted by molar-refractivity contribution is -0.157. The minimum atomic E-state index is -0.855. The molecule has 1 amide bonds. The molecule has 4 rings (SSSR count). The summed E-state index contributed by atoms with van der Waals surface area (Å²) in [6, 6.07) is 5.10. The Hall–Kier alpha value is -2.36. The molecule has 0 saturated carbocycles. The number of hydroxylamine groups is 1. The number of benzene rings is 1. The predicted octanol–water partition coefficient (Wildman–Crippen LogP) is 0.273. The van der Waals surface area contributed by atoms with Crippen molar-refractivity contribution in [2.24, 2.45) is 10.8 Å². The first-order valence-corrected chi connectivity index (χ1v) is 8.06. The predicted molar refractivity (Wildman–Crippen MR) is 85.3 cm³/mol. The Labute approximate surface area is 144 Å². The van der Waals surface area contributed by atoms with Crippen molar-refractivity contribution in [2.45, 2.75) is 44.4 Å². The van der Waals surface area contributed by atoms with Gasteiger partial charge in [-0.05, 0) is 25.5 Å². The lowest BCUT2D eigenvalue weighted by Gasteiger charge is -2.35. The highest BCUT2D eigenvalue weighted by molar-refractivity contribution is 6.37. The second-order valence-electron chi connectivity index (χ2n) is 6.90. The van der Waals surface area contributed by atoms with Crippen LogP contribution in [-0.2, 0) is 20.7 Å². The van der Waals surface area contributed by atoms with Crippen LogP contribution in [0.1, 0.15) is 31.1 Å². The molecule has 3 heterocycles. The molecule has 4 N–H and O–H groups in total. The van der Waals surface area contributed by atoms with Gasteiger partial charge in [-0.3, -0.25) is 10.0 Å². The third-order valence-electron chi connectivity index (χ3n) is 4.72. The van der Waals surface area contributed by atoms with Crippen molar-refractivity contribution in [3.05, 3.63) is 29.3 Å². The van der Waals surface area contributed by atoms with E-state index >= 15 is 0 Å². The molecule has 3 aliphatic heterocycles. The maximum Gasteiger partial charge on any atom is 0.286 e. The monoisotopic (exact) mass is 348 g/mol. The molecule has 9 nitrogen and oxygen atoms in total. The summed E-state index contributed by atoms with van der Waals surface area (Å²) in [4.78, 5) is 13.3. The average molecular weight is 348 g/mol. The van der Waals surface area contributed by atoms with Crippen molar-refractivity contribution >= 4 is 11.7 Å². The van der Waals surface area contributed by atoms with Crippen molar-refractivity contribution in [3.63, 3.8) is 0 Å². The summed E-state index contributed by atoms with van der Waals surface area (Å²) in [7, 11) is 0. The average Bonchev–Trinajstić information content (AvgIpc) is 2.95. The maximum absolute atomic E-state index is 11.8. The quantitative estimate of drug-likeness (QED) is 0.666. The number of hydrogen-bond donors (Lipinski definition) is 3. The van der Waals surface area contributed by atoms with Crippen LogP contribution >= 0.6 is 0 Å². The van der Waals surface area contributed by atoms with Gasteiger partial charge in [-0.1, -0.05) is 12.1 Å². The van der Waals surface area contributed by atoms with Gasteiger partial charge in [0.05, 0.1) is 12.6 Å². The molecule has 9 heteroatoms. The molecule has 1 aromatic carbocycles. The van der Waals surface area contributed by atoms with Crippen LogP contribution in [0.25, 0.3) is 0 Å². The van der Waals surface area contributed by atoms with Crippen molar-refractivity contribution in [1.82, 2.24) is 10.1 Å². The Bertz CT molecular complexity index is 765. The van der Waals surface area contributed by atoms with Gasteiger partial charge in [0.2, 0.25) is 5.84 Å². The smallest absolute Gasteiger partial charge is 0.286 e. The van der Waals surface area contributed by atoms with Crippen LogP contribution in [0.2, 0.25) is 0 Å². The summed E-state index contributed by atoms with van der Waals surface area (Å²) in [5, 5.41) is 25.2. The number of nitrogens with two attached hydrogens (primary N) is 1. The number of carbonyl (C=O) groups excluding carboxylic acids is 1. The normalized spacial score (nSPS) is 30.0. The van der Waals surface area contributed by atoms with Gasteiger partial charge in [-0.2, -0.15) is 0 Å². The standard InChI is InChI=1S/C16H20N4O5/c1-16(2)24-10-6-8-4-3-5-9(21)12(8)15-19(7-11(10)25-16)14(13(17)22)18-20(15)23/h3-5,10-11,15,21,23H,6-7H2,1-2H3,(H2,17,22). The highest BCUT2D eigenvalue weighted by Crippen LogP contribution is 2.42. The minimum absolute atomic E-state index is 0.00379. The van der Waals surface area contributed by atoms with Crippen LogP contribution in [0, 0.1) is 0 Å². The second-order valence-corrected chi connectivity index (χ2v) is 6.90. The number of hydrogen-bond acceptors (Lipinski definition) is 8. The van der Waals surface area contributed by atoms with E-state index in [0.29, 0.717) is 17.2 Å². The van der Waals surface area contributed by atoms with Crippen molar-refractivity contribution in [1.29, 1.82) is 0 Å². The number of hydrazone groups is 1. The van der Waals surface area contributed by atoms with Crippen LogP contribution in [-0.4, -0.2) is 56.7 Å². The molecule has 25 heavy (non-hydrogen) atoms. The highest BCUT2D eigenvalue weighted by Gasteiger charge is 2.49. The number of phenols is 1. The number of ether oxygens (including phenoxy) is 2. The zero-order chi connectivity index (χ0) is 17.9. The van der Waals surface area contributed by atoms with E-state index in [1.54, 1.807) is 11.0 Å². The zero-order valence-electron chi connectivity index (χ0n) is 13.9. The van der Waals surface area contributed by atoms with E-state index in [1.807, 2.05) is 19.9 Å². The zero-order valence-corrected chi connectivity index (χ0v) is 13.9. The van der Waals surface area contributed by atoms with Gasteiger partial charge in [0.25, 0.3) is 5.91 Å². The summed E-state index contributed by atoms with van der Waals surface area (Å²) < 4.78 is 12.0. The van der Waals surface area contributed by atoms with E-state index in [0.717, 1.165) is 5.56 Å². The fraction of sp³-hybridized carbons (Fsp3) is 0.500. The Balaban J connectivity index is 1.85. The number of amides is 1. The first-order valence-electron chi connectivity index (χ1n) is 8.06. The second kappa shape index (κ2) is 5.32. The van der Waals surface area contributed by atoms with E-state index < -0.39 is 17.9 Å². The third kappa shape index (κ3) is 2.51. The number of aromatic hydroxyl groups is 1. The number of nitrogens with zero attached hydrogens (tertiary/aromatic N) is 3. The molecule has 0 aromatic heterocycles. The molecular weight excluding hydrogens is 328 g/mol. The van der Waals surface area contributed by atoms with Crippen LogP contribution in [0.4, 0.5) is 0 Å². The van der Waals surface area contributed by atoms with E-state index in [2.05, 4.69) is 5.10 Å². The number of primary amides is 1. The number of fused-ring (bicyclic) bond motifs is 4. The fourth-order valence-corrected chi connectivity index (χ4v) is 3.82. The molecule has 0 spiro atoms. The van der Waals surface area contributed by atoms with Gasteiger partial charge in [-0.25, -0.2) is 0 Å². The SMILES string of the molecule is CC1(C)OC2Cc3cccc(O)c3C3N(O)N=C(C(N)=O)N3CC2O1. The van der Waals surface area contributed by atoms with Gasteiger partial charge in [0.15, 0.2) is 12.0 Å². The van der Waals surface area contributed by atoms with Crippen LogP contribution in [0.3, 0.4) is 0 Å². The van der Waals surface area contributed by atoms with Crippen molar-refractivity contribution in [2.75, 3.05) is 6.54 Å². The largest absolute Gasteiger partial charge is 0.508 e. The molecule has 134 valence electrons. The first-order chi connectivity index (χ1) is 11.8. The molecule has 0 bridgehead atoms. The summed E-state index contributed by atoms with van der Waals surface area (Å²) in [5.41, 5.74) is 6.67. The number of rotatable bonds is 1. The molecule has 3 unspecified atom stereocenters. The van der Waals surface area contributed by atoms with E-state index in [1.165, 1.54) is 6.07 Å². The maximum atomic E-state index is 11.8. The van der Waals surface area contributed by atoms with Gasteiger partial charge < -0.3 is 25.2 Å². The molecule has 1 aromatic rings. The summed E-state index contributed by atoms with van der Waals surface area (Å²) in [6.45, 7) is 3.89. The molecule has 3 atom stereocenters.